The van der Waals surface area contributed by atoms with E-state index >= 15 is 0 Å². The topological polar surface area (TPSA) is 41.4 Å². The number of rotatable bonds is 4. The number of hydrogen-bond acceptors (Lipinski definition) is 3. The van der Waals surface area contributed by atoms with Gasteiger partial charge in [-0.2, -0.15) is 18.3 Å². The standard InChI is InChI=1S/C20H25F3N4O/c1-14-6-4-5-7-17(14)13-25-8-10-26(11-9-25)19(28)16(3)27-15(2)12-18(24-27)20(21,22)23/h4-7,12,16H,8-11,13H2,1-3H3. The molecule has 28 heavy (non-hydrogen) atoms. The van der Waals surface area contributed by atoms with E-state index in [0.29, 0.717) is 18.8 Å². The molecular weight excluding hydrogens is 369 g/mol. The minimum atomic E-state index is -4.51. The molecule has 0 radical (unpaired) electrons. The van der Waals surface area contributed by atoms with Crippen LogP contribution in [0, 0.1) is 13.8 Å². The largest absolute Gasteiger partial charge is 0.435 e. The molecule has 1 unspecified atom stereocenters. The van der Waals surface area contributed by atoms with Gasteiger partial charge in [-0.05, 0) is 38.0 Å². The van der Waals surface area contributed by atoms with Crippen molar-refractivity contribution >= 4 is 5.91 Å². The second-order valence-corrected chi connectivity index (χ2v) is 7.32. The lowest BCUT2D eigenvalue weighted by Gasteiger charge is -2.36. The van der Waals surface area contributed by atoms with Gasteiger partial charge >= 0.3 is 6.18 Å². The van der Waals surface area contributed by atoms with Gasteiger partial charge < -0.3 is 4.90 Å². The van der Waals surface area contributed by atoms with Crippen LogP contribution in [0.15, 0.2) is 30.3 Å². The second kappa shape index (κ2) is 7.95. The number of carbonyl (C=O) groups excluding carboxylic acids is 1. The fourth-order valence-corrected chi connectivity index (χ4v) is 3.54. The van der Waals surface area contributed by atoms with E-state index < -0.39 is 17.9 Å². The van der Waals surface area contributed by atoms with Crippen molar-refractivity contribution in [3.63, 3.8) is 0 Å². The van der Waals surface area contributed by atoms with Gasteiger partial charge in [0, 0.05) is 38.4 Å². The third-order valence-electron chi connectivity index (χ3n) is 5.28. The summed E-state index contributed by atoms with van der Waals surface area (Å²) in [5.41, 5.74) is 1.87. The van der Waals surface area contributed by atoms with E-state index in [1.54, 1.807) is 11.8 Å². The van der Waals surface area contributed by atoms with Crippen LogP contribution in [0.3, 0.4) is 0 Å². The Balaban J connectivity index is 1.60. The Morgan fingerprint density at radius 2 is 1.79 bits per heavy atom. The molecule has 1 saturated heterocycles. The molecule has 0 N–H and O–H groups in total. The fraction of sp³-hybridized carbons (Fsp3) is 0.500. The molecule has 1 fully saturated rings. The average Bonchev–Trinajstić information content (AvgIpc) is 3.05. The van der Waals surface area contributed by atoms with Gasteiger partial charge in [0.15, 0.2) is 5.69 Å². The van der Waals surface area contributed by atoms with E-state index in [0.717, 1.165) is 25.7 Å². The minimum absolute atomic E-state index is 0.199. The van der Waals surface area contributed by atoms with Crippen LogP contribution in [-0.2, 0) is 17.5 Å². The molecule has 2 heterocycles. The predicted octanol–water partition coefficient (Wildman–Crippen LogP) is 3.42. The van der Waals surface area contributed by atoms with Crippen LogP contribution in [0.4, 0.5) is 13.2 Å². The Kier molecular flexibility index (Phi) is 5.79. The number of hydrogen-bond donors (Lipinski definition) is 0. The lowest BCUT2D eigenvalue weighted by Crippen LogP contribution is -2.50. The molecule has 0 bridgehead atoms. The number of piperazine rings is 1. The average molecular weight is 394 g/mol. The van der Waals surface area contributed by atoms with Gasteiger partial charge in [0.25, 0.3) is 0 Å². The Morgan fingerprint density at radius 1 is 1.14 bits per heavy atom. The summed E-state index contributed by atoms with van der Waals surface area (Å²) in [6.07, 6.45) is -4.51. The van der Waals surface area contributed by atoms with E-state index in [9.17, 15) is 18.0 Å². The van der Waals surface area contributed by atoms with Crippen LogP contribution in [-0.4, -0.2) is 51.7 Å². The van der Waals surface area contributed by atoms with E-state index in [4.69, 9.17) is 0 Å². The van der Waals surface area contributed by atoms with Gasteiger partial charge in [-0.25, -0.2) is 0 Å². The molecule has 0 spiro atoms. The van der Waals surface area contributed by atoms with Gasteiger partial charge in [0.05, 0.1) is 0 Å². The smallest absolute Gasteiger partial charge is 0.338 e. The molecule has 0 aliphatic carbocycles. The lowest BCUT2D eigenvalue weighted by molar-refractivity contribution is -0.143. The summed E-state index contributed by atoms with van der Waals surface area (Å²) in [5, 5.41) is 3.61. The van der Waals surface area contributed by atoms with E-state index in [-0.39, 0.29) is 5.91 Å². The van der Waals surface area contributed by atoms with Gasteiger partial charge in [-0.3, -0.25) is 14.4 Å². The summed E-state index contributed by atoms with van der Waals surface area (Å²) >= 11 is 0. The molecule has 1 aliphatic heterocycles. The maximum Gasteiger partial charge on any atom is 0.435 e. The SMILES string of the molecule is Cc1ccccc1CN1CCN(C(=O)C(C)n2nc(C(F)(F)F)cc2C)CC1. The highest BCUT2D eigenvalue weighted by atomic mass is 19.4. The molecule has 1 atom stereocenters. The van der Waals surface area contributed by atoms with Crippen LogP contribution in [0.2, 0.25) is 0 Å². The summed E-state index contributed by atoms with van der Waals surface area (Å²) in [6, 6.07) is 8.43. The Labute approximate surface area is 162 Å². The molecule has 3 rings (SSSR count). The highest BCUT2D eigenvalue weighted by Crippen LogP contribution is 2.29. The van der Waals surface area contributed by atoms with Gasteiger partial charge in [-0.1, -0.05) is 24.3 Å². The molecule has 1 aromatic carbocycles. The second-order valence-electron chi connectivity index (χ2n) is 7.32. The first-order chi connectivity index (χ1) is 13.2. The maximum atomic E-state index is 12.9. The number of halogens is 3. The molecule has 1 aromatic heterocycles. The quantitative estimate of drug-likeness (QED) is 0.798. The summed E-state index contributed by atoms with van der Waals surface area (Å²) in [6.45, 7) is 8.63. The van der Waals surface area contributed by atoms with Crippen molar-refractivity contribution in [2.75, 3.05) is 26.2 Å². The van der Waals surface area contributed by atoms with Crippen molar-refractivity contribution in [2.45, 2.75) is 39.5 Å². The molecule has 0 saturated carbocycles. The van der Waals surface area contributed by atoms with Crippen molar-refractivity contribution in [2.24, 2.45) is 0 Å². The predicted molar refractivity (Wildman–Crippen MR) is 99.7 cm³/mol. The molecule has 152 valence electrons. The lowest BCUT2D eigenvalue weighted by atomic mass is 10.1. The summed E-state index contributed by atoms with van der Waals surface area (Å²) in [4.78, 5) is 16.8. The number of aryl methyl sites for hydroxylation is 2. The van der Waals surface area contributed by atoms with Crippen LogP contribution in [0.1, 0.15) is 35.5 Å². The number of nitrogens with zero attached hydrogens (tertiary/aromatic N) is 4. The van der Waals surface area contributed by atoms with Crippen LogP contribution in [0.25, 0.3) is 0 Å². The van der Waals surface area contributed by atoms with E-state index in [2.05, 4.69) is 29.1 Å². The normalized spacial score (nSPS) is 17.0. The zero-order valence-corrected chi connectivity index (χ0v) is 16.3. The number of benzene rings is 1. The first kappa shape index (κ1) is 20.4. The van der Waals surface area contributed by atoms with E-state index in [1.807, 2.05) is 12.1 Å². The van der Waals surface area contributed by atoms with Crippen molar-refractivity contribution < 1.29 is 18.0 Å². The van der Waals surface area contributed by atoms with Crippen LogP contribution >= 0.6 is 0 Å². The molecular formula is C20H25F3N4O. The number of alkyl halides is 3. The molecule has 2 aromatic rings. The maximum absolute atomic E-state index is 12.9. The van der Waals surface area contributed by atoms with Crippen molar-refractivity contribution in [1.82, 2.24) is 19.6 Å². The number of amides is 1. The van der Waals surface area contributed by atoms with Crippen molar-refractivity contribution in [3.8, 4) is 0 Å². The summed E-state index contributed by atoms with van der Waals surface area (Å²) < 4.78 is 39.8. The minimum Gasteiger partial charge on any atom is -0.338 e. The molecule has 1 amide bonds. The zero-order valence-electron chi connectivity index (χ0n) is 16.3. The summed E-state index contributed by atoms with van der Waals surface area (Å²) in [7, 11) is 0. The van der Waals surface area contributed by atoms with Crippen molar-refractivity contribution in [3.05, 3.63) is 52.8 Å². The van der Waals surface area contributed by atoms with Gasteiger partial charge in [0.2, 0.25) is 5.91 Å². The first-order valence-corrected chi connectivity index (χ1v) is 9.36. The summed E-state index contributed by atoms with van der Waals surface area (Å²) in [5.74, 6) is -0.199. The van der Waals surface area contributed by atoms with E-state index in [1.165, 1.54) is 22.7 Å². The highest BCUT2D eigenvalue weighted by molar-refractivity contribution is 5.80. The van der Waals surface area contributed by atoms with Crippen LogP contribution < -0.4 is 0 Å². The monoisotopic (exact) mass is 394 g/mol. The molecule has 8 heteroatoms. The van der Waals surface area contributed by atoms with Gasteiger partial charge in [-0.15, -0.1) is 0 Å². The Bertz CT molecular complexity index is 838. The molecule has 5 nitrogen and oxygen atoms in total. The van der Waals surface area contributed by atoms with Crippen LogP contribution in [0.5, 0.6) is 0 Å². The Morgan fingerprint density at radius 3 is 2.36 bits per heavy atom. The Hall–Kier alpha value is -2.35. The third kappa shape index (κ3) is 4.38. The number of carbonyl (C=O) groups is 1. The van der Waals surface area contributed by atoms with Gasteiger partial charge in [0.1, 0.15) is 6.04 Å². The highest BCUT2D eigenvalue weighted by Gasteiger charge is 2.36. The first-order valence-electron chi connectivity index (χ1n) is 9.36. The molecule has 1 aliphatic rings. The zero-order chi connectivity index (χ0) is 20.5. The fourth-order valence-electron chi connectivity index (χ4n) is 3.54. The number of aromatic nitrogens is 2. The third-order valence-corrected chi connectivity index (χ3v) is 5.28. The van der Waals surface area contributed by atoms with Crippen molar-refractivity contribution in [1.29, 1.82) is 0 Å².